The van der Waals surface area contributed by atoms with Crippen LogP contribution in [0.3, 0.4) is 0 Å². The van der Waals surface area contributed by atoms with Gasteiger partial charge in [-0.15, -0.1) is 0 Å². The summed E-state index contributed by atoms with van der Waals surface area (Å²) in [5.74, 6) is 1.07. The molecule has 4 nitrogen and oxygen atoms in total. The van der Waals surface area contributed by atoms with E-state index in [1.807, 2.05) is 0 Å². The van der Waals surface area contributed by atoms with Gasteiger partial charge in [0.2, 0.25) is 0 Å². The molecule has 0 saturated carbocycles. The van der Waals surface area contributed by atoms with Crippen LogP contribution in [0, 0.1) is 0 Å². The third-order valence-electron chi connectivity index (χ3n) is 2.29. The summed E-state index contributed by atoms with van der Waals surface area (Å²) in [4.78, 5) is 10.9. The van der Waals surface area contributed by atoms with Crippen LogP contribution in [-0.4, -0.2) is 31.7 Å². The molecule has 1 N–H and O–H groups in total. The van der Waals surface area contributed by atoms with Crippen LogP contribution in [-0.2, 0) is 6.42 Å². The zero-order valence-corrected chi connectivity index (χ0v) is 9.69. The molecule has 0 heterocycles. The van der Waals surface area contributed by atoms with E-state index in [0.29, 0.717) is 23.5 Å². The molecule has 16 heavy (non-hydrogen) atoms. The van der Waals surface area contributed by atoms with Crippen LogP contribution in [0.1, 0.15) is 22.8 Å². The Labute approximate surface area is 94.8 Å². The largest absolute Gasteiger partial charge is 0.493 e. The summed E-state index contributed by atoms with van der Waals surface area (Å²) in [6.45, 7) is 1.67. The first-order valence-electron chi connectivity index (χ1n) is 5.00. The first kappa shape index (κ1) is 12.5. The van der Waals surface area contributed by atoms with E-state index in [9.17, 15) is 9.90 Å². The Hall–Kier alpha value is -1.55. The number of benzene rings is 1. The van der Waals surface area contributed by atoms with Gasteiger partial charge in [-0.3, -0.25) is 4.79 Å². The van der Waals surface area contributed by atoms with Crippen molar-refractivity contribution in [3.63, 3.8) is 0 Å². The summed E-state index contributed by atoms with van der Waals surface area (Å²) < 4.78 is 10.2. The molecule has 0 aliphatic rings. The number of carbonyl (C=O) groups excluding carboxylic acids is 1. The molecule has 1 atom stereocenters. The Bertz CT molecular complexity index is 372. The molecular formula is C12H16O4. The first-order chi connectivity index (χ1) is 7.62. The number of aldehydes is 1. The summed E-state index contributed by atoms with van der Waals surface area (Å²) in [6.07, 6.45) is 0.658. The van der Waals surface area contributed by atoms with Gasteiger partial charge >= 0.3 is 0 Å². The zero-order valence-electron chi connectivity index (χ0n) is 9.69. The van der Waals surface area contributed by atoms with Crippen LogP contribution >= 0.6 is 0 Å². The fourth-order valence-corrected chi connectivity index (χ4v) is 1.54. The Balaban J connectivity index is 3.20. The van der Waals surface area contributed by atoms with Gasteiger partial charge in [-0.05, 0) is 31.0 Å². The average Bonchev–Trinajstić information content (AvgIpc) is 2.27. The highest BCUT2D eigenvalue weighted by Crippen LogP contribution is 2.30. The molecular weight excluding hydrogens is 208 g/mol. The third-order valence-corrected chi connectivity index (χ3v) is 2.29. The van der Waals surface area contributed by atoms with E-state index in [1.165, 1.54) is 14.2 Å². The standard InChI is InChI=1S/C12H16O4/c1-8(14)4-9-5-11(15-2)12(16-3)6-10(9)7-13/h5-8,14H,4H2,1-3H3. The summed E-state index contributed by atoms with van der Waals surface area (Å²) >= 11 is 0. The molecule has 0 saturated heterocycles. The van der Waals surface area contributed by atoms with E-state index >= 15 is 0 Å². The zero-order chi connectivity index (χ0) is 12.1. The number of ether oxygens (including phenoxy) is 2. The molecule has 1 rings (SSSR count). The average molecular weight is 224 g/mol. The van der Waals surface area contributed by atoms with Crippen molar-refractivity contribution in [1.82, 2.24) is 0 Å². The molecule has 0 fully saturated rings. The number of carbonyl (C=O) groups is 1. The van der Waals surface area contributed by atoms with Crippen molar-refractivity contribution in [1.29, 1.82) is 0 Å². The van der Waals surface area contributed by atoms with Crippen molar-refractivity contribution in [2.24, 2.45) is 0 Å². The molecule has 1 unspecified atom stereocenters. The number of aliphatic hydroxyl groups is 1. The van der Waals surface area contributed by atoms with Gasteiger partial charge in [-0.25, -0.2) is 0 Å². The minimum Gasteiger partial charge on any atom is -0.493 e. The minimum absolute atomic E-state index is 0.411. The first-order valence-corrected chi connectivity index (χ1v) is 5.00. The van der Waals surface area contributed by atoms with Gasteiger partial charge < -0.3 is 14.6 Å². The Kier molecular flexibility index (Phi) is 4.31. The van der Waals surface area contributed by atoms with Gasteiger partial charge in [-0.1, -0.05) is 0 Å². The molecule has 88 valence electrons. The maximum atomic E-state index is 10.9. The second-order valence-corrected chi connectivity index (χ2v) is 3.58. The highest BCUT2D eigenvalue weighted by atomic mass is 16.5. The minimum atomic E-state index is -0.503. The molecule has 0 bridgehead atoms. The van der Waals surface area contributed by atoms with E-state index in [1.54, 1.807) is 19.1 Å². The molecule has 0 amide bonds. The fourth-order valence-electron chi connectivity index (χ4n) is 1.54. The maximum absolute atomic E-state index is 10.9. The Morgan fingerprint density at radius 2 is 1.88 bits per heavy atom. The van der Waals surface area contributed by atoms with Gasteiger partial charge in [0.15, 0.2) is 11.5 Å². The van der Waals surface area contributed by atoms with Crippen LogP contribution < -0.4 is 9.47 Å². The second-order valence-electron chi connectivity index (χ2n) is 3.58. The summed E-state index contributed by atoms with van der Waals surface area (Å²) in [5.41, 5.74) is 1.27. The Morgan fingerprint density at radius 1 is 1.31 bits per heavy atom. The normalized spacial score (nSPS) is 12.0. The SMILES string of the molecule is COc1cc(C=O)c(CC(C)O)cc1OC. The number of hydrogen-bond acceptors (Lipinski definition) is 4. The molecule has 4 heteroatoms. The van der Waals surface area contributed by atoms with E-state index < -0.39 is 6.10 Å². The molecule has 0 aliphatic heterocycles. The van der Waals surface area contributed by atoms with Gasteiger partial charge in [0.25, 0.3) is 0 Å². The Morgan fingerprint density at radius 3 is 2.31 bits per heavy atom. The predicted octanol–water partition coefficient (Wildman–Crippen LogP) is 1.44. The van der Waals surface area contributed by atoms with Crippen molar-refractivity contribution in [2.45, 2.75) is 19.4 Å². The molecule has 1 aromatic carbocycles. The molecule has 1 aromatic rings. The lowest BCUT2D eigenvalue weighted by molar-refractivity contribution is 0.112. The van der Waals surface area contributed by atoms with Gasteiger partial charge in [0.05, 0.1) is 20.3 Å². The number of methoxy groups -OCH3 is 2. The van der Waals surface area contributed by atoms with E-state index in [4.69, 9.17) is 9.47 Å². The molecule has 0 radical (unpaired) electrons. The monoisotopic (exact) mass is 224 g/mol. The van der Waals surface area contributed by atoms with E-state index in [2.05, 4.69) is 0 Å². The van der Waals surface area contributed by atoms with E-state index in [0.717, 1.165) is 11.8 Å². The van der Waals surface area contributed by atoms with Crippen molar-refractivity contribution in [3.05, 3.63) is 23.3 Å². The molecule has 0 spiro atoms. The number of hydrogen-bond donors (Lipinski definition) is 1. The van der Waals surface area contributed by atoms with Crippen molar-refractivity contribution in [3.8, 4) is 11.5 Å². The number of rotatable bonds is 5. The topological polar surface area (TPSA) is 55.8 Å². The molecule has 0 aromatic heterocycles. The lowest BCUT2D eigenvalue weighted by Gasteiger charge is -2.13. The van der Waals surface area contributed by atoms with Crippen LogP contribution in [0.2, 0.25) is 0 Å². The lowest BCUT2D eigenvalue weighted by Crippen LogP contribution is -2.07. The van der Waals surface area contributed by atoms with Crippen LogP contribution in [0.25, 0.3) is 0 Å². The van der Waals surface area contributed by atoms with Crippen molar-refractivity contribution in [2.75, 3.05) is 14.2 Å². The predicted molar refractivity (Wildman–Crippen MR) is 60.3 cm³/mol. The quantitative estimate of drug-likeness (QED) is 0.769. The van der Waals surface area contributed by atoms with Crippen LogP contribution in [0.5, 0.6) is 11.5 Å². The van der Waals surface area contributed by atoms with Crippen molar-refractivity contribution < 1.29 is 19.4 Å². The lowest BCUT2D eigenvalue weighted by atomic mass is 10.0. The highest BCUT2D eigenvalue weighted by Gasteiger charge is 2.12. The summed E-state index contributed by atoms with van der Waals surface area (Å²) in [6, 6.07) is 3.33. The summed E-state index contributed by atoms with van der Waals surface area (Å²) in [7, 11) is 3.05. The fraction of sp³-hybridized carbons (Fsp3) is 0.417. The molecule has 0 aliphatic carbocycles. The number of aliphatic hydroxyl groups excluding tert-OH is 1. The van der Waals surface area contributed by atoms with Crippen molar-refractivity contribution >= 4 is 6.29 Å². The summed E-state index contributed by atoms with van der Waals surface area (Å²) in [5, 5.41) is 9.33. The van der Waals surface area contributed by atoms with Gasteiger partial charge in [0.1, 0.15) is 6.29 Å². The smallest absolute Gasteiger partial charge is 0.161 e. The van der Waals surface area contributed by atoms with Crippen LogP contribution in [0.4, 0.5) is 0 Å². The van der Waals surface area contributed by atoms with Gasteiger partial charge in [0, 0.05) is 5.56 Å². The highest BCUT2D eigenvalue weighted by molar-refractivity contribution is 5.79. The second kappa shape index (κ2) is 5.51. The van der Waals surface area contributed by atoms with E-state index in [-0.39, 0.29) is 0 Å². The maximum Gasteiger partial charge on any atom is 0.161 e. The third kappa shape index (κ3) is 2.73. The van der Waals surface area contributed by atoms with Gasteiger partial charge in [-0.2, -0.15) is 0 Å². The van der Waals surface area contributed by atoms with Crippen LogP contribution in [0.15, 0.2) is 12.1 Å².